The van der Waals surface area contributed by atoms with Crippen molar-refractivity contribution < 1.29 is 0 Å². The summed E-state index contributed by atoms with van der Waals surface area (Å²) in [5, 5.41) is 0. The quantitative estimate of drug-likeness (QED) is 0.635. The number of nitrogens with zero attached hydrogens (tertiary/aromatic N) is 1. The van der Waals surface area contributed by atoms with Crippen molar-refractivity contribution in [3.8, 4) is 0 Å². The zero-order valence-electron chi connectivity index (χ0n) is 11.9. The van der Waals surface area contributed by atoms with E-state index in [0.29, 0.717) is 0 Å². The molecule has 1 heterocycles. The van der Waals surface area contributed by atoms with Gasteiger partial charge in [-0.3, -0.25) is 4.98 Å². The summed E-state index contributed by atoms with van der Waals surface area (Å²) in [5.74, 6) is 0. The molecule has 1 heteroatoms. The van der Waals surface area contributed by atoms with Crippen molar-refractivity contribution in [2.45, 2.75) is 61.8 Å². The molecule has 0 spiro atoms. The molecule has 90 valence electrons. The van der Waals surface area contributed by atoms with Gasteiger partial charge in [-0.1, -0.05) is 54.5 Å². The Labute approximate surface area is 97.0 Å². The van der Waals surface area contributed by atoms with Crippen LogP contribution in [-0.2, 0) is 6.42 Å². The van der Waals surface area contributed by atoms with Gasteiger partial charge in [0.05, 0.1) is 0 Å². The summed E-state index contributed by atoms with van der Waals surface area (Å²) in [6.45, 7) is 16.1. The van der Waals surface area contributed by atoms with Crippen molar-refractivity contribution in [1.82, 2.24) is 4.98 Å². The maximum absolute atomic E-state index is 4.15. The Hall–Kier alpha value is -0.850. The number of hydrogen-bond donors (Lipinski definition) is 0. The lowest BCUT2D eigenvalue weighted by Gasteiger charge is -1.93. The van der Waals surface area contributed by atoms with E-state index in [9.17, 15) is 0 Å². The second-order valence-electron chi connectivity index (χ2n) is 2.16. The molecule has 0 bridgehead atoms. The Balaban J connectivity index is -0.000000208. The third kappa shape index (κ3) is 13.2. The molecule has 0 aliphatic heterocycles. The molecule has 1 rings (SSSR count). The van der Waals surface area contributed by atoms with Gasteiger partial charge in [0.25, 0.3) is 0 Å². The molecule has 0 atom stereocenters. The first kappa shape index (κ1) is 19.7. The summed E-state index contributed by atoms with van der Waals surface area (Å²) in [6.07, 6.45) is 3.00. The molecule has 1 aromatic heterocycles. The lowest BCUT2D eigenvalue weighted by atomic mass is 10.2. The Morgan fingerprint density at radius 3 is 1.67 bits per heavy atom. The van der Waals surface area contributed by atoms with E-state index in [1.54, 1.807) is 0 Å². The maximum Gasteiger partial charge on any atom is 0.0372 e. The summed E-state index contributed by atoms with van der Waals surface area (Å²) in [7, 11) is 0. The molecule has 1 nitrogen and oxygen atoms in total. The van der Waals surface area contributed by atoms with E-state index in [-0.39, 0.29) is 0 Å². The third-order valence-electron chi connectivity index (χ3n) is 1.38. The van der Waals surface area contributed by atoms with Gasteiger partial charge in [-0.05, 0) is 25.0 Å². The lowest BCUT2D eigenvalue weighted by Crippen LogP contribution is -1.83. The average molecular weight is 211 g/mol. The molecule has 0 unspecified atom stereocenters. The topological polar surface area (TPSA) is 12.9 Å². The van der Waals surface area contributed by atoms with E-state index >= 15 is 0 Å². The Morgan fingerprint density at radius 1 is 0.933 bits per heavy atom. The molecule has 0 aliphatic carbocycles. The third-order valence-corrected chi connectivity index (χ3v) is 1.38. The van der Waals surface area contributed by atoms with Gasteiger partial charge in [-0.15, -0.1) is 0 Å². The minimum Gasteiger partial charge on any atom is -0.261 e. The van der Waals surface area contributed by atoms with Gasteiger partial charge in [0, 0.05) is 11.9 Å². The monoisotopic (exact) mass is 211 g/mol. The molecule has 0 saturated carbocycles. The van der Waals surface area contributed by atoms with Gasteiger partial charge in [0.2, 0.25) is 0 Å². The number of aromatic nitrogens is 1. The van der Waals surface area contributed by atoms with Gasteiger partial charge >= 0.3 is 0 Å². The van der Waals surface area contributed by atoms with E-state index in [2.05, 4.69) is 18.0 Å². The van der Waals surface area contributed by atoms with Crippen molar-refractivity contribution in [3.05, 3.63) is 29.6 Å². The van der Waals surface area contributed by atoms with Crippen LogP contribution in [0.3, 0.4) is 0 Å². The first-order valence-corrected chi connectivity index (χ1v) is 6.24. The number of hydrogen-bond acceptors (Lipinski definition) is 1. The summed E-state index contributed by atoms with van der Waals surface area (Å²) >= 11 is 0. The van der Waals surface area contributed by atoms with Crippen LogP contribution < -0.4 is 0 Å². The lowest BCUT2D eigenvalue weighted by molar-refractivity contribution is 1.08. The molecule has 1 aromatic rings. The highest BCUT2D eigenvalue weighted by Crippen LogP contribution is 1.98. The van der Waals surface area contributed by atoms with Crippen molar-refractivity contribution in [2.75, 3.05) is 0 Å². The number of pyridine rings is 1. The molecule has 0 radical (unpaired) electrons. The normalized spacial score (nSPS) is 6.93. The molecule has 0 saturated heterocycles. The highest BCUT2D eigenvalue weighted by Gasteiger charge is 1.86. The van der Waals surface area contributed by atoms with Crippen molar-refractivity contribution in [2.24, 2.45) is 0 Å². The predicted molar refractivity (Wildman–Crippen MR) is 72.4 cm³/mol. The minimum atomic E-state index is 1.08. The fourth-order valence-corrected chi connectivity index (χ4v) is 0.708. The smallest absolute Gasteiger partial charge is 0.0372 e. The van der Waals surface area contributed by atoms with Crippen LogP contribution in [0.5, 0.6) is 0 Å². The standard InChI is InChI=1S/C8H11N.3C2H6/c1-3-8-5-4-7(2)9-6-8;3*1-2/h4-6H,3H2,1-2H3;3*1-2H3. The molecule has 0 fully saturated rings. The second-order valence-corrected chi connectivity index (χ2v) is 2.16. The van der Waals surface area contributed by atoms with Crippen LogP contribution in [0.2, 0.25) is 0 Å². The molecular formula is C14H29N. The molecular weight excluding hydrogens is 182 g/mol. The van der Waals surface area contributed by atoms with Crippen molar-refractivity contribution in [3.63, 3.8) is 0 Å². The van der Waals surface area contributed by atoms with E-state index in [1.165, 1.54) is 5.56 Å². The van der Waals surface area contributed by atoms with Gasteiger partial charge in [-0.25, -0.2) is 0 Å². The molecule has 0 aliphatic rings. The van der Waals surface area contributed by atoms with Crippen LogP contribution in [0, 0.1) is 6.92 Å². The largest absolute Gasteiger partial charge is 0.261 e. The zero-order valence-corrected chi connectivity index (χ0v) is 11.9. The second kappa shape index (κ2) is 18.8. The average Bonchev–Trinajstić information content (AvgIpc) is 2.38. The minimum absolute atomic E-state index is 1.08. The Kier molecular flexibility index (Phi) is 24.7. The fraction of sp³-hybridized carbons (Fsp3) is 0.643. The van der Waals surface area contributed by atoms with E-state index in [4.69, 9.17) is 0 Å². The predicted octanol–water partition coefficient (Wildman–Crippen LogP) is 5.03. The summed E-state index contributed by atoms with van der Waals surface area (Å²) < 4.78 is 0. The van der Waals surface area contributed by atoms with Crippen LogP contribution in [0.15, 0.2) is 18.3 Å². The van der Waals surface area contributed by atoms with Crippen LogP contribution in [0.4, 0.5) is 0 Å². The number of aryl methyl sites for hydroxylation is 2. The summed E-state index contributed by atoms with van der Waals surface area (Å²) in [6, 6.07) is 4.15. The first-order chi connectivity index (χ1) is 7.33. The van der Waals surface area contributed by atoms with Crippen LogP contribution >= 0.6 is 0 Å². The van der Waals surface area contributed by atoms with Gasteiger partial charge < -0.3 is 0 Å². The highest BCUT2D eigenvalue weighted by molar-refractivity contribution is 5.12. The van der Waals surface area contributed by atoms with Crippen LogP contribution in [0.1, 0.15) is 59.7 Å². The van der Waals surface area contributed by atoms with Gasteiger partial charge in [0.1, 0.15) is 0 Å². The molecule has 15 heavy (non-hydrogen) atoms. The number of rotatable bonds is 1. The molecule has 0 amide bonds. The maximum atomic E-state index is 4.15. The van der Waals surface area contributed by atoms with Crippen LogP contribution in [0.25, 0.3) is 0 Å². The van der Waals surface area contributed by atoms with Crippen molar-refractivity contribution in [1.29, 1.82) is 0 Å². The zero-order chi connectivity index (χ0) is 12.7. The summed E-state index contributed by atoms with van der Waals surface area (Å²) in [4.78, 5) is 4.15. The van der Waals surface area contributed by atoms with Gasteiger partial charge in [0.15, 0.2) is 0 Å². The highest BCUT2D eigenvalue weighted by atomic mass is 14.6. The van der Waals surface area contributed by atoms with Crippen molar-refractivity contribution >= 4 is 0 Å². The Morgan fingerprint density at radius 2 is 1.40 bits per heavy atom. The Bertz CT molecular complexity index is 177. The summed E-state index contributed by atoms with van der Waals surface area (Å²) in [5.41, 5.74) is 2.40. The first-order valence-electron chi connectivity index (χ1n) is 6.24. The van der Waals surface area contributed by atoms with E-state index in [1.807, 2.05) is 60.7 Å². The SMILES string of the molecule is CC.CC.CC.CCc1ccc(C)nc1. The molecule has 0 aromatic carbocycles. The van der Waals surface area contributed by atoms with E-state index in [0.717, 1.165) is 12.1 Å². The molecule has 0 N–H and O–H groups in total. The van der Waals surface area contributed by atoms with E-state index < -0.39 is 0 Å². The fourth-order valence-electron chi connectivity index (χ4n) is 0.708. The van der Waals surface area contributed by atoms with Gasteiger partial charge in [-0.2, -0.15) is 0 Å². The van der Waals surface area contributed by atoms with Crippen LogP contribution in [-0.4, -0.2) is 4.98 Å².